The molecular formula is C36H40N4O7. The Kier molecular flexibility index (Phi) is 11.7. The van der Waals surface area contributed by atoms with E-state index in [0.29, 0.717) is 47.3 Å². The van der Waals surface area contributed by atoms with Crippen molar-refractivity contribution in [1.82, 2.24) is 4.90 Å². The molecule has 3 amide bonds. The van der Waals surface area contributed by atoms with Crippen molar-refractivity contribution in [2.45, 2.75) is 32.7 Å². The smallest absolute Gasteiger partial charge is 0.323 e. The van der Waals surface area contributed by atoms with Crippen molar-refractivity contribution in [3.63, 3.8) is 0 Å². The summed E-state index contributed by atoms with van der Waals surface area (Å²) in [5.41, 5.74) is 4.39. The second kappa shape index (κ2) is 16.0. The summed E-state index contributed by atoms with van der Waals surface area (Å²) in [6.45, 7) is 3.77. The maximum Gasteiger partial charge on any atom is 0.323 e. The molecule has 1 aliphatic rings. The summed E-state index contributed by atoms with van der Waals surface area (Å²) in [6.07, 6.45) is 9.74. The average Bonchev–Trinajstić information content (AvgIpc) is 3.30. The molecule has 3 N–H and O–H groups in total. The van der Waals surface area contributed by atoms with Gasteiger partial charge < -0.3 is 39.8 Å². The van der Waals surface area contributed by atoms with Gasteiger partial charge in [0.05, 0.1) is 39.5 Å². The minimum absolute atomic E-state index is 0.141. The molecular weight excluding hydrogens is 600 g/mol. The van der Waals surface area contributed by atoms with E-state index in [1.165, 1.54) is 21.1 Å². The molecule has 0 radical (unpaired) electrons. The van der Waals surface area contributed by atoms with E-state index in [9.17, 15) is 19.5 Å². The summed E-state index contributed by atoms with van der Waals surface area (Å²) in [5, 5.41) is 15.3. The van der Waals surface area contributed by atoms with Gasteiger partial charge in [0.2, 0.25) is 5.91 Å². The third-order valence-electron chi connectivity index (χ3n) is 7.69. The average molecular weight is 641 g/mol. The largest absolute Gasteiger partial charge is 0.494 e. The molecule has 0 spiro atoms. The highest BCUT2D eigenvalue weighted by Gasteiger charge is 2.22. The second-order valence-electron chi connectivity index (χ2n) is 10.8. The number of anilines is 3. The van der Waals surface area contributed by atoms with Gasteiger partial charge >= 0.3 is 12.0 Å². The standard InChI is InChI=1S/C36H40N4O7/c1-24-9-6-7-11-29(24)37-36(44)38-30-14-13-28(22-33(30)46-4)40(25(2)41)20-17-26-10-8-18-39(19-16-26)31(23-35(42)43)27-12-15-32(45-3)34(21-27)47-5/h6-16,18-19,21-22,31H,17,20,23H2,1-5H3,(H,42,43)(H2,37,38,44). The molecule has 4 rings (SSSR count). The van der Waals surface area contributed by atoms with Crippen LogP contribution in [0, 0.1) is 6.92 Å². The van der Waals surface area contributed by atoms with E-state index in [4.69, 9.17) is 14.2 Å². The predicted molar refractivity (Wildman–Crippen MR) is 182 cm³/mol. The van der Waals surface area contributed by atoms with Crippen molar-refractivity contribution in [3.8, 4) is 17.2 Å². The van der Waals surface area contributed by atoms with Crippen LogP contribution in [0.15, 0.2) is 96.9 Å². The molecule has 1 heterocycles. The number of nitrogens with zero attached hydrogens (tertiary/aromatic N) is 2. The number of methoxy groups -OCH3 is 3. The van der Waals surface area contributed by atoms with Crippen LogP contribution in [0.4, 0.5) is 21.9 Å². The first kappa shape index (κ1) is 34.2. The first-order valence-corrected chi connectivity index (χ1v) is 15.0. The van der Waals surface area contributed by atoms with Crippen LogP contribution in [0.1, 0.15) is 36.9 Å². The summed E-state index contributed by atoms with van der Waals surface area (Å²) >= 11 is 0. The molecule has 0 saturated carbocycles. The highest BCUT2D eigenvalue weighted by atomic mass is 16.5. The maximum absolute atomic E-state index is 12.8. The molecule has 1 unspecified atom stereocenters. The number of aryl methyl sites for hydroxylation is 1. The number of carbonyl (C=O) groups excluding carboxylic acids is 2. The Morgan fingerprint density at radius 1 is 0.872 bits per heavy atom. The summed E-state index contributed by atoms with van der Waals surface area (Å²) < 4.78 is 16.3. The van der Waals surface area contributed by atoms with Crippen LogP contribution in [0.2, 0.25) is 0 Å². The Bertz CT molecular complexity index is 1700. The molecule has 3 aromatic carbocycles. The van der Waals surface area contributed by atoms with Crippen molar-refractivity contribution >= 4 is 35.0 Å². The third-order valence-corrected chi connectivity index (χ3v) is 7.69. The van der Waals surface area contributed by atoms with Gasteiger partial charge in [-0.2, -0.15) is 0 Å². The number of allylic oxidation sites excluding steroid dienone is 3. The van der Waals surface area contributed by atoms with Gasteiger partial charge in [0, 0.05) is 43.3 Å². The Labute approximate surface area is 274 Å². The van der Waals surface area contributed by atoms with Crippen LogP contribution >= 0.6 is 0 Å². The number of hydrogen-bond acceptors (Lipinski definition) is 7. The van der Waals surface area contributed by atoms with Crippen molar-refractivity contribution in [2.24, 2.45) is 0 Å². The fraction of sp³-hybridized carbons (Fsp3) is 0.250. The van der Waals surface area contributed by atoms with E-state index in [0.717, 1.165) is 16.7 Å². The number of aliphatic carboxylic acids is 1. The number of urea groups is 1. The SMILES string of the molecule is COc1cc(N(CCC2=CC=CN(C(CC(=O)O)c3ccc(OC)c(OC)c3)C=C2)C(C)=O)ccc1NC(=O)Nc1ccccc1C. The van der Waals surface area contributed by atoms with Crippen molar-refractivity contribution < 1.29 is 33.7 Å². The molecule has 0 bridgehead atoms. The van der Waals surface area contributed by atoms with Crippen LogP contribution in [-0.2, 0) is 9.59 Å². The van der Waals surface area contributed by atoms with E-state index < -0.39 is 18.0 Å². The van der Waals surface area contributed by atoms with Crippen molar-refractivity contribution in [2.75, 3.05) is 43.4 Å². The number of ether oxygens (including phenoxy) is 3. The van der Waals surface area contributed by atoms with E-state index >= 15 is 0 Å². The zero-order valence-corrected chi connectivity index (χ0v) is 27.2. The number of nitrogens with one attached hydrogen (secondary N) is 2. The summed E-state index contributed by atoms with van der Waals surface area (Å²) in [6, 6.07) is 17.1. The number of rotatable bonds is 13. The lowest BCUT2D eigenvalue weighted by atomic mass is 10.0. The van der Waals surface area contributed by atoms with Gasteiger partial charge in [-0.25, -0.2) is 4.79 Å². The molecule has 3 aromatic rings. The number of carboxylic acid groups (broad SMARTS) is 1. The van der Waals surface area contributed by atoms with Gasteiger partial charge in [0.25, 0.3) is 0 Å². The fourth-order valence-electron chi connectivity index (χ4n) is 5.20. The quantitative estimate of drug-likeness (QED) is 0.184. The molecule has 0 aliphatic carbocycles. The van der Waals surface area contributed by atoms with Crippen LogP contribution < -0.4 is 29.7 Å². The lowest BCUT2D eigenvalue weighted by Crippen LogP contribution is -2.29. The van der Waals surface area contributed by atoms with Gasteiger partial charge in [-0.15, -0.1) is 0 Å². The van der Waals surface area contributed by atoms with Crippen molar-refractivity contribution in [1.29, 1.82) is 0 Å². The van der Waals surface area contributed by atoms with E-state index in [2.05, 4.69) is 10.6 Å². The summed E-state index contributed by atoms with van der Waals surface area (Å²) in [5.74, 6) is 0.372. The monoisotopic (exact) mass is 640 g/mol. The normalized spacial score (nSPS) is 12.8. The Balaban J connectivity index is 1.46. The molecule has 246 valence electrons. The Hall–Kier alpha value is -5.71. The molecule has 1 atom stereocenters. The van der Waals surface area contributed by atoms with E-state index in [1.54, 1.807) is 42.3 Å². The van der Waals surface area contributed by atoms with Gasteiger partial charge in [0.1, 0.15) is 5.75 Å². The molecule has 47 heavy (non-hydrogen) atoms. The van der Waals surface area contributed by atoms with Gasteiger partial charge in [0.15, 0.2) is 11.5 Å². The molecule has 11 nitrogen and oxygen atoms in total. The Morgan fingerprint density at radius 3 is 2.28 bits per heavy atom. The molecule has 0 fully saturated rings. The zero-order valence-electron chi connectivity index (χ0n) is 27.2. The lowest BCUT2D eigenvalue weighted by molar-refractivity contribution is -0.138. The number of amides is 3. The number of hydrogen-bond donors (Lipinski definition) is 3. The van der Waals surface area contributed by atoms with Crippen LogP contribution in [0.3, 0.4) is 0 Å². The number of carbonyl (C=O) groups is 3. The van der Waals surface area contributed by atoms with E-state index in [-0.39, 0.29) is 12.3 Å². The molecule has 0 aromatic heterocycles. The molecule has 0 saturated heterocycles. The highest BCUT2D eigenvalue weighted by molar-refractivity contribution is 6.01. The number of carboxylic acids is 1. The first-order chi connectivity index (χ1) is 22.6. The van der Waals surface area contributed by atoms with Gasteiger partial charge in [-0.1, -0.05) is 30.3 Å². The Morgan fingerprint density at radius 2 is 1.60 bits per heavy atom. The van der Waals surface area contributed by atoms with E-state index in [1.807, 2.05) is 72.8 Å². The number of para-hydroxylation sites is 1. The molecule has 1 aliphatic heterocycles. The van der Waals surface area contributed by atoms with Crippen LogP contribution in [0.5, 0.6) is 17.2 Å². The van der Waals surface area contributed by atoms with Crippen LogP contribution in [-0.4, -0.2) is 55.8 Å². The topological polar surface area (TPSA) is 130 Å². The van der Waals surface area contributed by atoms with Gasteiger partial charge in [-0.3, -0.25) is 9.59 Å². The maximum atomic E-state index is 12.8. The third kappa shape index (κ3) is 8.94. The highest BCUT2D eigenvalue weighted by Crippen LogP contribution is 2.35. The summed E-state index contributed by atoms with van der Waals surface area (Å²) in [7, 11) is 4.58. The van der Waals surface area contributed by atoms with Crippen LogP contribution in [0.25, 0.3) is 0 Å². The number of benzene rings is 3. The fourth-order valence-corrected chi connectivity index (χ4v) is 5.20. The van der Waals surface area contributed by atoms with Gasteiger partial charge in [-0.05, 0) is 72.5 Å². The predicted octanol–water partition coefficient (Wildman–Crippen LogP) is 6.89. The minimum Gasteiger partial charge on any atom is -0.494 e. The minimum atomic E-state index is -0.940. The first-order valence-electron chi connectivity index (χ1n) is 15.0. The zero-order chi connectivity index (χ0) is 33.9. The second-order valence-corrected chi connectivity index (χ2v) is 10.8. The lowest BCUT2D eigenvalue weighted by Gasteiger charge is -2.27. The summed E-state index contributed by atoms with van der Waals surface area (Å²) in [4.78, 5) is 40.7. The molecule has 11 heteroatoms. The van der Waals surface area contributed by atoms with Crippen molar-refractivity contribution in [3.05, 3.63) is 108 Å².